The van der Waals surface area contributed by atoms with Gasteiger partial charge in [-0.1, -0.05) is 106 Å². The molecule has 0 unspecified atom stereocenters. The molecule has 3 rings (SSSR count). The van der Waals surface area contributed by atoms with Crippen LogP contribution in [0.4, 0.5) is 0 Å². The summed E-state index contributed by atoms with van der Waals surface area (Å²) < 4.78 is 0. The zero-order chi connectivity index (χ0) is 17.6. The standard InChI is InChI=1S/C24H28Si/c1-19-4-10-22(11-5-19)16-25(17-23-12-6-20(2)7-13-23)18-24-14-8-21(3)9-15-24/h4-15,25H,16-18H2,1-3H3. The van der Waals surface area contributed by atoms with Crippen LogP contribution in [0.3, 0.4) is 0 Å². The zero-order valence-corrected chi connectivity index (χ0v) is 16.8. The summed E-state index contributed by atoms with van der Waals surface area (Å²) in [7, 11) is -0.961. The molecule has 0 saturated heterocycles. The summed E-state index contributed by atoms with van der Waals surface area (Å²) >= 11 is 0. The monoisotopic (exact) mass is 344 g/mol. The molecular formula is C24H28Si. The Kier molecular flexibility index (Phi) is 5.88. The molecular weight excluding hydrogens is 316 g/mol. The van der Waals surface area contributed by atoms with Crippen LogP contribution in [0.5, 0.6) is 0 Å². The molecule has 0 heterocycles. The molecule has 128 valence electrons. The SMILES string of the molecule is Cc1ccc(C[SiH](Cc2ccc(C)cc2)Cc2ccc(C)cc2)cc1. The van der Waals surface area contributed by atoms with E-state index in [9.17, 15) is 0 Å². The highest BCUT2D eigenvalue weighted by Crippen LogP contribution is 2.15. The minimum absolute atomic E-state index is 0.961. The smallest absolute Gasteiger partial charge is 0.0501 e. The molecule has 3 aromatic rings. The first kappa shape index (κ1) is 17.7. The van der Waals surface area contributed by atoms with E-state index in [0.717, 1.165) is 0 Å². The molecule has 0 aliphatic carbocycles. The van der Waals surface area contributed by atoms with Crippen LogP contribution in [0.15, 0.2) is 72.8 Å². The quantitative estimate of drug-likeness (QED) is 0.519. The fourth-order valence-electron chi connectivity index (χ4n) is 3.39. The maximum Gasteiger partial charge on any atom is 0.0501 e. The van der Waals surface area contributed by atoms with Crippen LogP contribution in [-0.4, -0.2) is 8.80 Å². The summed E-state index contributed by atoms with van der Waals surface area (Å²) in [6.07, 6.45) is 0. The van der Waals surface area contributed by atoms with E-state index < -0.39 is 8.80 Å². The molecule has 0 amide bonds. The van der Waals surface area contributed by atoms with Crippen molar-refractivity contribution >= 4 is 8.80 Å². The van der Waals surface area contributed by atoms with Crippen molar-refractivity contribution in [2.75, 3.05) is 0 Å². The summed E-state index contributed by atoms with van der Waals surface area (Å²) in [6, 6.07) is 31.2. The lowest BCUT2D eigenvalue weighted by molar-refractivity contribution is 1.18. The average Bonchev–Trinajstić information content (AvgIpc) is 2.61. The molecule has 0 fully saturated rings. The van der Waals surface area contributed by atoms with Crippen LogP contribution in [0.25, 0.3) is 0 Å². The summed E-state index contributed by atoms with van der Waals surface area (Å²) in [4.78, 5) is 0. The van der Waals surface area contributed by atoms with Gasteiger partial charge in [-0.3, -0.25) is 0 Å². The molecule has 1 heteroatoms. The Bertz CT molecular complexity index is 670. The summed E-state index contributed by atoms with van der Waals surface area (Å²) in [5, 5.41) is 0. The van der Waals surface area contributed by atoms with Gasteiger partial charge in [-0.2, -0.15) is 0 Å². The highest BCUT2D eigenvalue weighted by atomic mass is 28.3. The van der Waals surface area contributed by atoms with Gasteiger partial charge < -0.3 is 0 Å². The molecule has 25 heavy (non-hydrogen) atoms. The van der Waals surface area contributed by atoms with E-state index in [-0.39, 0.29) is 0 Å². The maximum atomic E-state index is 2.32. The molecule has 0 atom stereocenters. The van der Waals surface area contributed by atoms with E-state index in [1.54, 1.807) is 0 Å². The van der Waals surface area contributed by atoms with Crippen molar-refractivity contribution in [3.8, 4) is 0 Å². The van der Waals surface area contributed by atoms with Gasteiger partial charge in [0, 0.05) is 0 Å². The fourth-order valence-corrected chi connectivity index (χ4v) is 6.64. The second-order valence-corrected chi connectivity index (χ2v) is 10.4. The molecule has 0 aromatic heterocycles. The second-order valence-electron chi connectivity index (χ2n) is 7.44. The van der Waals surface area contributed by atoms with E-state index in [4.69, 9.17) is 0 Å². The van der Waals surface area contributed by atoms with Gasteiger partial charge in [0.1, 0.15) is 0 Å². The van der Waals surface area contributed by atoms with Gasteiger partial charge >= 0.3 is 0 Å². The van der Waals surface area contributed by atoms with Crippen molar-refractivity contribution in [3.63, 3.8) is 0 Å². The molecule has 3 aromatic carbocycles. The Hall–Kier alpha value is -2.12. The Morgan fingerprint density at radius 3 is 0.920 bits per heavy atom. The topological polar surface area (TPSA) is 0 Å². The predicted octanol–water partition coefficient (Wildman–Crippen LogP) is 5.48. The normalized spacial score (nSPS) is 11.0. The Morgan fingerprint density at radius 2 is 0.680 bits per heavy atom. The minimum Gasteiger partial charge on any atom is -0.0591 e. The van der Waals surface area contributed by atoms with Gasteiger partial charge in [-0.25, -0.2) is 0 Å². The van der Waals surface area contributed by atoms with E-state index in [1.807, 2.05) is 0 Å². The zero-order valence-electron chi connectivity index (χ0n) is 15.6. The van der Waals surface area contributed by atoms with Crippen molar-refractivity contribution in [1.29, 1.82) is 0 Å². The van der Waals surface area contributed by atoms with Crippen LogP contribution in [0.1, 0.15) is 33.4 Å². The molecule has 0 aliphatic rings. The first-order valence-corrected chi connectivity index (χ1v) is 11.7. The largest absolute Gasteiger partial charge is 0.0591 e. The van der Waals surface area contributed by atoms with Crippen molar-refractivity contribution in [2.24, 2.45) is 0 Å². The molecule has 0 saturated carbocycles. The van der Waals surface area contributed by atoms with Crippen molar-refractivity contribution in [3.05, 3.63) is 106 Å². The van der Waals surface area contributed by atoms with E-state index >= 15 is 0 Å². The van der Waals surface area contributed by atoms with Gasteiger partial charge in [0.2, 0.25) is 0 Å². The summed E-state index contributed by atoms with van der Waals surface area (Å²) in [6.45, 7) is 6.49. The molecule has 0 nitrogen and oxygen atoms in total. The van der Waals surface area contributed by atoms with Crippen LogP contribution in [0, 0.1) is 20.8 Å². The summed E-state index contributed by atoms with van der Waals surface area (Å²) in [5.74, 6) is 0. The first-order chi connectivity index (χ1) is 12.1. The Labute approximate surface area is 154 Å². The maximum absolute atomic E-state index is 2.32. The van der Waals surface area contributed by atoms with Gasteiger partial charge in [0.15, 0.2) is 0 Å². The third-order valence-electron chi connectivity index (χ3n) is 4.93. The fraction of sp³-hybridized carbons (Fsp3) is 0.250. The first-order valence-electron chi connectivity index (χ1n) is 9.25. The van der Waals surface area contributed by atoms with E-state index in [1.165, 1.54) is 51.5 Å². The molecule has 0 spiro atoms. The van der Waals surface area contributed by atoms with Gasteiger partial charge in [-0.15, -0.1) is 0 Å². The highest BCUT2D eigenvalue weighted by Gasteiger charge is 2.14. The number of hydrogen-bond donors (Lipinski definition) is 0. The van der Waals surface area contributed by atoms with Crippen molar-refractivity contribution in [2.45, 2.75) is 38.9 Å². The van der Waals surface area contributed by atoms with Crippen LogP contribution in [-0.2, 0) is 18.1 Å². The highest BCUT2D eigenvalue weighted by molar-refractivity contribution is 6.57. The number of aryl methyl sites for hydroxylation is 3. The number of hydrogen-bond acceptors (Lipinski definition) is 0. The number of rotatable bonds is 6. The van der Waals surface area contributed by atoms with Crippen molar-refractivity contribution in [1.82, 2.24) is 0 Å². The molecule has 0 bridgehead atoms. The number of benzene rings is 3. The molecule has 0 radical (unpaired) electrons. The van der Waals surface area contributed by atoms with Gasteiger partial charge in [-0.05, 0) is 38.9 Å². The predicted molar refractivity (Wildman–Crippen MR) is 112 cm³/mol. The van der Waals surface area contributed by atoms with Crippen LogP contribution in [0.2, 0.25) is 0 Å². The van der Waals surface area contributed by atoms with E-state index in [2.05, 4.69) is 93.6 Å². The second kappa shape index (κ2) is 8.31. The lowest BCUT2D eigenvalue weighted by Gasteiger charge is -2.17. The van der Waals surface area contributed by atoms with Crippen LogP contribution >= 0.6 is 0 Å². The van der Waals surface area contributed by atoms with Crippen molar-refractivity contribution < 1.29 is 0 Å². The van der Waals surface area contributed by atoms with E-state index in [0.29, 0.717) is 0 Å². The molecule has 0 N–H and O–H groups in total. The Balaban J connectivity index is 1.77. The molecule has 0 aliphatic heterocycles. The third kappa shape index (κ3) is 5.44. The Morgan fingerprint density at radius 1 is 0.440 bits per heavy atom. The van der Waals surface area contributed by atoms with Gasteiger partial charge in [0.05, 0.1) is 8.80 Å². The summed E-state index contributed by atoms with van der Waals surface area (Å²) in [5.41, 5.74) is 8.54. The lowest BCUT2D eigenvalue weighted by Crippen LogP contribution is -2.24. The third-order valence-corrected chi connectivity index (χ3v) is 8.08. The van der Waals surface area contributed by atoms with Gasteiger partial charge in [0.25, 0.3) is 0 Å². The average molecular weight is 345 g/mol. The lowest BCUT2D eigenvalue weighted by atomic mass is 10.2. The minimum atomic E-state index is -0.961. The van der Waals surface area contributed by atoms with Crippen LogP contribution < -0.4 is 0 Å².